The van der Waals surface area contributed by atoms with Crippen LogP contribution >= 0.6 is 43.2 Å². The number of phenols is 2. The van der Waals surface area contributed by atoms with E-state index in [2.05, 4.69) is 61.6 Å². The van der Waals surface area contributed by atoms with Crippen LogP contribution in [0.25, 0.3) is 50.3 Å². The Bertz CT molecular complexity index is 3100. The van der Waals surface area contributed by atoms with E-state index in [0.717, 1.165) is 61.2 Å². The summed E-state index contributed by atoms with van der Waals surface area (Å²) in [5, 5.41) is 77.0. The molecule has 11 rings (SSSR count). The fourth-order valence-electron chi connectivity index (χ4n) is 11.5. The maximum Gasteiger partial charge on any atom is 0.238 e. The maximum absolute atomic E-state index is 15.3. The first kappa shape index (κ1) is 46.2. The van der Waals surface area contributed by atoms with Crippen molar-refractivity contribution in [3.63, 3.8) is 0 Å². The zero-order valence-electron chi connectivity index (χ0n) is 38.1. The number of benzene rings is 5. The second-order valence-electron chi connectivity index (χ2n) is 19.3. The second-order valence-corrected chi connectivity index (χ2v) is 24.5. The van der Waals surface area contributed by atoms with Gasteiger partial charge in [0, 0.05) is 65.4 Å². The number of hydrogen-bond acceptors (Lipinski definition) is 14. The molecule has 0 unspecified atom stereocenters. The minimum absolute atomic E-state index is 0.00432. The first-order valence-corrected chi connectivity index (χ1v) is 28.5. The van der Waals surface area contributed by atoms with Gasteiger partial charge in [-0.15, -0.1) is 0 Å². The summed E-state index contributed by atoms with van der Waals surface area (Å²) in [5.41, 5.74) is 8.56. The number of rotatable bonds is 6. The third kappa shape index (κ3) is 7.73. The van der Waals surface area contributed by atoms with E-state index < -0.39 is 35.4 Å². The van der Waals surface area contributed by atoms with Gasteiger partial charge in [-0.05, 0) is 118 Å². The lowest BCUT2D eigenvalue weighted by atomic mass is 9.69. The van der Waals surface area contributed by atoms with Crippen molar-refractivity contribution in [3.8, 4) is 45.4 Å². The summed E-state index contributed by atoms with van der Waals surface area (Å²) in [4.78, 5) is 15.3. The second kappa shape index (κ2) is 18.5. The van der Waals surface area contributed by atoms with E-state index in [4.69, 9.17) is 9.15 Å². The van der Waals surface area contributed by atoms with Gasteiger partial charge in [0.15, 0.2) is 5.76 Å². The molecule has 4 heterocycles. The number of nitrogens with one attached hydrogen (secondary N) is 1. The van der Waals surface area contributed by atoms with Gasteiger partial charge >= 0.3 is 0 Å². The Labute approximate surface area is 410 Å². The molecule has 1 aromatic heterocycles. The molecule has 7 N–H and O–H groups in total. The van der Waals surface area contributed by atoms with Crippen molar-refractivity contribution in [1.29, 1.82) is 0 Å². The van der Waals surface area contributed by atoms with Crippen molar-refractivity contribution in [1.82, 2.24) is 5.32 Å². The lowest BCUT2D eigenvalue weighted by molar-refractivity contribution is 0.00975. The van der Waals surface area contributed by atoms with Crippen molar-refractivity contribution >= 4 is 71.0 Å². The van der Waals surface area contributed by atoms with Gasteiger partial charge in [-0.1, -0.05) is 106 Å². The largest absolute Gasteiger partial charge is 0.507 e. The van der Waals surface area contributed by atoms with Crippen LogP contribution in [0.5, 0.6) is 23.0 Å². The Kier molecular flexibility index (Phi) is 12.6. The number of aromatic hydroxyl groups is 3. The topological polar surface area (TPSA) is 173 Å². The summed E-state index contributed by atoms with van der Waals surface area (Å²) in [6.45, 7) is 4.11. The van der Waals surface area contributed by atoms with Gasteiger partial charge in [0.1, 0.15) is 34.3 Å². The standard InChI is InChI=1S/C54H55NO9S4/c1-25(2)16-30-19-34(37-23-66-67-24-38(55-3)29-7-4-6-26(17-29)18-33(37)48(30)59)52-51(62)50(61)47-42(64-52)22-40(58)45-35-20-32-27(13-14-56)9-10-28-11-12-31-46(43(28)32)44(35)36-21-41(63-53(45)47)39(57)8-5-15-65-68-54(31)49(36)60/h4,6-7,9-12,17,19-20,22,25,27,36,38-39,41,49,54-60,62H,5,8,13-16,18,21,23-24H2,1-3H3/t27-,36+,38+,39-,41+,49+,54+/m1/s1. The highest BCUT2D eigenvalue weighted by Crippen LogP contribution is 2.60. The van der Waals surface area contributed by atoms with E-state index in [-0.39, 0.29) is 75.7 Å². The third-order valence-electron chi connectivity index (χ3n) is 14.7. The van der Waals surface area contributed by atoms with Crippen LogP contribution in [-0.4, -0.2) is 74.1 Å². The Hall–Kier alpha value is -4.25. The molecule has 0 saturated carbocycles. The molecule has 5 aliphatic rings. The Balaban J connectivity index is 1.18. The van der Waals surface area contributed by atoms with Gasteiger partial charge in [0.05, 0.1) is 23.0 Å². The molecular formula is C54H55NO9S4. The number of allylic oxidation sites excluding steroid dienone is 1. The Morgan fingerprint density at radius 3 is 2.57 bits per heavy atom. The fourth-order valence-corrected chi connectivity index (χ4v) is 16.7. The molecule has 3 aliphatic heterocycles. The van der Waals surface area contributed by atoms with E-state index >= 15 is 4.79 Å². The van der Waals surface area contributed by atoms with Gasteiger partial charge in [-0.3, -0.25) is 4.79 Å². The summed E-state index contributed by atoms with van der Waals surface area (Å²) in [6.07, 6.45) is 4.17. The molecule has 5 bridgehead atoms. The van der Waals surface area contributed by atoms with E-state index in [1.54, 1.807) is 43.2 Å². The predicted molar refractivity (Wildman–Crippen MR) is 278 cm³/mol. The van der Waals surface area contributed by atoms with Crippen molar-refractivity contribution in [2.45, 2.75) is 99.6 Å². The zero-order chi connectivity index (χ0) is 47.1. The monoisotopic (exact) mass is 989 g/mol. The van der Waals surface area contributed by atoms with E-state index in [1.807, 2.05) is 25.2 Å². The number of aliphatic hydroxyl groups excluding tert-OH is 3. The van der Waals surface area contributed by atoms with Crippen LogP contribution in [-0.2, 0) is 18.6 Å². The smallest absolute Gasteiger partial charge is 0.238 e. The van der Waals surface area contributed by atoms with Crippen molar-refractivity contribution in [2.24, 2.45) is 5.92 Å². The molecule has 7 atom stereocenters. The molecule has 5 aromatic carbocycles. The van der Waals surface area contributed by atoms with Gasteiger partial charge in [0.2, 0.25) is 11.2 Å². The van der Waals surface area contributed by atoms with Crippen molar-refractivity contribution in [3.05, 3.63) is 121 Å². The number of aliphatic hydroxyl groups is 3. The number of fused-ring (bicyclic) bond motifs is 10. The van der Waals surface area contributed by atoms with Crippen molar-refractivity contribution < 1.29 is 39.8 Å². The Morgan fingerprint density at radius 2 is 1.76 bits per heavy atom. The maximum atomic E-state index is 15.3. The summed E-state index contributed by atoms with van der Waals surface area (Å²) in [7, 11) is 8.62. The molecule has 354 valence electrons. The van der Waals surface area contributed by atoms with Crippen LogP contribution in [0.15, 0.2) is 69.9 Å². The fraction of sp³-hybridized carbons (Fsp3) is 0.389. The molecule has 10 nitrogen and oxygen atoms in total. The summed E-state index contributed by atoms with van der Waals surface area (Å²) in [6, 6.07) is 18.0. The number of ether oxygens (including phenoxy) is 1. The average molecular weight is 990 g/mol. The quantitative estimate of drug-likeness (QED) is 0.0786. The van der Waals surface area contributed by atoms with Gasteiger partial charge < -0.3 is 45.1 Å². The molecule has 0 amide bonds. The summed E-state index contributed by atoms with van der Waals surface area (Å²) < 4.78 is 13.7. The first-order valence-electron chi connectivity index (χ1n) is 23.6. The minimum atomic E-state index is -0.984. The van der Waals surface area contributed by atoms with E-state index in [1.165, 1.54) is 6.07 Å². The van der Waals surface area contributed by atoms with E-state index in [9.17, 15) is 30.6 Å². The predicted octanol–water partition coefficient (Wildman–Crippen LogP) is 11.0. The molecular weight excluding hydrogens is 935 g/mol. The highest BCUT2D eigenvalue weighted by molar-refractivity contribution is 8.77. The third-order valence-corrected chi connectivity index (χ3v) is 19.9. The zero-order valence-corrected chi connectivity index (χ0v) is 41.3. The van der Waals surface area contributed by atoms with Crippen LogP contribution in [0.3, 0.4) is 0 Å². The van der Waals surface area contributed by atoms with Crippen LogP contribution in [0.2, 0.25) is 0 Å². The van der Waals surface area contributed by atoms with E-state index in [0.29, 0.717) is 60.1 Å². The molecule has 0 radical (unpaired) electrons. The first-order chi connectivity index (χ1) is 32.9. The van der Waals surface area contributed by atoms with Crippen LogP contribution in [0.1, 0.15) is 113 Å². The lowest BCUT2D eigenvalue weighted by Crippen LogP contribution is -2.39. The normalized spacial score (nSPS) is 24.2. The summed E-state index contributed by atoms with van der Waals surface area (Å²) in [5.74, 6) is 0.709. The molecule has 14 heteroatoms. The average Bonchev–Trinajstić information content (AvgIpc) is 3.35. The van der Waals surface area contributed by atoms with Crippen LogP contribution in [0, 0.1) is 5.92 Å². The molecule has 1 saturated heterocycles. The van der Waals surface area contributed by atoms with Gasteiger partial charge in [-0.2, -0.15) is 0 Å². The van der Waals surface area contributed by atoms with Crippen LogP contribution in [0.4, 0.5) is 0 Å². The highest BCUT2D eigenvalue weighted by Gasteiger charge is 2.46. The number of phenolic OH excluding ortho intramolecular Hbond substituents is 2. The van der Waals surface area contributed by atoms with Crippen molar-refractivity contribution in [2.75, 3.05) is 25.2 Å². The lowest BCUT2D eigenvalue weighted by Gasteiger charge is -2.42. The molecule has 1 fully saturated rings. The summed E-state index contributed by atoms with van der Waals surface area (Å²) >= 11 is 0. The van der Waals surface area contributed by atoms with Gasteiger partial charge in [-0.25, -0.2) is 0 Å². The van der Waals surface area contributed by atoms with Gasteiger partial charge in [0.25, 0.3) is 0 Å². The SMILES string of the molecule is CN[C@H]1CSSCc2c(-c3oc4cc(O)c5c(c4c(=O)c3O)O[C@H]3C[C@H]4c6c-5cc5c7c(ccc(c67)[C@H](SSCCC[C@H]3O)[C@H]4O)C=C[C@@H]5CCO)cc(CC(C)C)c(O)c2Cc2cccc1c2. The Morgan fingerprint density at radius 1 is 0.912 bits per heavy atom. The molecule has 68 heavy (non-hydrogen) atoms. The molecule has 2 aliphatic carbocycles. The molecule has 6 aromatic rings. The van der Waals surface area contributed by atoms with Crippen LogP contribution < -0.4 is 15.5 Å². The number of hydrogen-bond donors (Lipinski definition) is 7. The molecule has 0 spiro atoms. The minimum Gasteiger partial charge on any atom is -0.507 e. The highest BCUT2D eigenvalue weighted by atomic mass is 33.1.